The maximum absolute atomic E-state index is 12.6. The highest BCUT2D eigenvalue weighted by Gasteiger charge is 2.23. The van der Waals surface area contributed by atoms with Gasteiger partial charge in [-0.15, -0.1) is 0 Å². The van der Waals surface area contributed by atoms with Crippen LogP contribution in [0.3, 0.4) is 0 Å². The molecule has 0 fully saturated rings. The van der Waals surface area contributed by atoms with Crippen molar-refractivity contribution in [3.8, 4) is 5.75 Å². The molecule has 1 atom stereocenters. The summed E-state index contributed by atoms with van der Waals surface area (Å²) < 4.78 is 0. The van der Waals surface area contributed by atoms with Gasteiger partial charge in [0.1, 0.15) is 11.8 Å². The van der Waals surface area contributed by atoms with Crippen molar-refractivity contribution in [3.05, 3.63) is 59.7 Å². The van der Waals surface area contributed by atoms with E-state index in [0.29, 0.717) is 17.7 Å². The number of phenolic OH excluding ortho intramolecular Hbond substituents is 1. The number of amides is 2. The Morgan fingerprint density at radius 3 is 2.44 bits per heavy atom. The van der Waals surface area contributed by atoms with Gasteiger partial charge in [0.05, 0.1) is 0 Å². The molecule has 25 heavy (non-hydrogen) atoms. The quantitative estimate of drug-likeness (QED) is 0.753. The Morgan fingerprint density at radius 1 is 1.08 bits per heavy atom. The maximum Gasteiger partial charge on any atom is 0.252 e. The Hall–Kier alpha value is -2.82. The lowest BCUT2D eigenvalue weighted by atomic mass is 10.0. The Bertz CT molecular complexity index is 756. The summed E-state index contributed by atoms with van der Waals surface area (Å²) >= 11 is 0. The molecule has 0 spiro atoms. The highest BCUT2D eigenvalue weighted by Crippen LogP contribution is 2.17. The summed E-state index contributed by atoms with van der Waals surface area (Å²) in [6.07, 6.45) is 0.516. The first-order chi connectivity index (χ1) is 11.9. The number of anilines is 1. The largest absolute Gasteiger partial charge is 0.508 e. The zero-order valence-corrected chi connectivity index (χ0v) is 14.7. The normalized spacial score (nSPS) is 11.8. The molecule has 0 saturated carbocycles. The van der Waals surface area contributed by atoms with E-state index in [1.807, 2.05) is 32.9 Å². The molecule has 2 aromatic rings. The number of aromatic hydroxyl groups is 1. The topological polar surface area (TPSA) is 78.4 Å². The summed E-state index contributed by atoms with van der Waals surface area (Å²) in [6, 6.07) is 12.9. The van der Waals surface area contributed by atoms with Crippen LogP contribution in [0.15, 0.2) is 48.5 Å². The zero-order chi connectivity index (χ0) is 18.4. The molecule has 0 aliphatic rings. The van der Waals surface area contributed by atoms with Gasteiger partial charge in [-0.25, -0.2) is 0 Å². The van der Waals surface area contributed by atoms with Gasteiger partial charge in [-0.3, -0.25) is 9.59 Å². The first kappa shape index (κ1) is 18.5. The number of hydrogen-bond acceptors (Lipinski definition) is 3. The number of hydrogen-bond donors (Lipinski definition) is 3. The second kappa shape index (κ2) is 8.33. The molecule has 2 aromatic carbocycles. The molecule has 132 valence electrons. The minimum absolute atomic E-state index is 0.0714. The molecule has 2 rings (SSSR count). The average Bonchev–Trinajstić information content (AvgIpc) is 2.54. The van der Waals surface area contributed by atoms with Crippen LogP contribution in [0, 0.1) is 12.8 Å². The average molecular weight is 340 g/mol. The van der Waals surface area contributed by atoms with E-state index < -0.39 is 6.04 Å². The van der Waals surface area contributed by atoms with Crippen molar-refractivity contribution in [1.29, 1.82) is 0 Å². The molecule has 0 aliphatic heterocycles. The molecule has 1 unspecified atom stereocenters. The predicted octanol–water partition coefficient (Wildman–Crippen LogP) is 3.48. The summed E-state index contributed by atoms with van der Waals surface area (Å²) in [6.45, 7) is 5.85. The number of rotatable bonds is 6. The summed E-state index contributed by atoms with van der Waals surface area (Å²) in [5, 5.41) is 15.1. The van der Waals surface area contributed by atoms with E-state index in [1.165, 1.54) is 12.1 Å². The fourth-order valence-electron chi connectivity index (χ4n) is 2.58. The van der Waals surface area contributed by atoms with Gasteiger partial charge in [-0.05, 0) is 43.0 Å². The van der Waals surface area contributed by atoms with E-state index in [4.69, 9.17) is 0 Å². The minimum atomic E-state index is -0.658. The van der Waals surface area contributed by atoms with Gasteiger partial charge < -0.3 is 15.7 Å². The van der Waals surface area contributed by atoms with E-state index in [-0.39, 0.29) is 23.5 Å². The Morgan fingerprint density at radius 2 is 1.80 bits per heavy atom. The van der Waals surface area contributed by atoms with Crippen LogP contribution in [0.25, 0.3) is 0 Å². The third-order valence-corrected chi connectivity index (χ3v) is 3.83. The number of carbonyl (C=O) groups excluding carboxylic acids is 2. The molecule has 2 amide bonds. The van der Waals surface area contributed by atoms with Crippen LogP contribution in [0.2, 0.25) is 0 Å². The van der Waals surface area contributed by atoms with Gasteiger partial charge in [0.15, 0.2) is 0 Å². The van der Waals surface area contributed by atoms with Crippen LogP contribution in [0.1, 0.15) is 36.2 Å². The fourth-order valence-corrected chi connectivity index (χ4v) is 2.58. The fraction of sp³-hybridized carbons (Fsp3) is 0.300. The SMILES string of the molecule is Cc1ccccc1C(=O)NC(CC(C)C)C(=O)Nc1cccc(O)c1. The van der Waals surface area contributed by atoms with Gasteiger partial charge in [0, 0.05) is 17.3 Å². The van der Waals surface area contributed by atoms with Crippen molar-refractivity contribution in [2.45, 2.75) is 33.2 Å². The van der Waals surface area contributed by atoms with E-state index in [9.17, 15) is 14.7 Å². The van der Waals surface area contributed by atoms with E-state index >= 15 is 0 Å². The molecule has 0 heterocycles. The molecule has 0 bridgehead atoms. The molecular formula is C20H24N2O3. The monoisotopic (exact) mass is 340 g/mol. The first-order valence-electron chi connectivity index (χ1n) is 8.33. The van der Waals surface area contributed by atoms with Crippen LogP contribution in [0.5, 0.6) is 5.75 Å². The lowest BCUT2D eigenvalue weighted by Gasteiger charge is -2.21. The van der Waals surface area contributed by atoms with Crippen LogP contribution >= 0.6 is 0 Å². The van der Waals surface area contributed by atoms with Crippen molar-refractivity contribution in [1.82, 2.24) is 5.32 Å². The second-order valence-corrected chi connectivity index (χ2v) is 6.51. The maximum atomic E-state index is 12.6. The molecule has 5 heteroatoms. The van der Waals surface area contributed by atoms with Crippen molar-refractivity contribution in [2.24, 2.45) is 5.92 Å². The van der Waals surface area contributed by atoms with Crippen molar-refractivity contribution < 1.29 is 14.7 Å². The van der Waals surface area contributed by atoms with Gasteiger partial charge >= 0.3 is 0 Å². The van der Waals surface area contributed by atoms with Crippen LogP contribution < -0.4 is 10.6 Å². The standard InChI is InChI=1S/C20H24N2O3/c1-13(2)11-18(20(25)21-15-8-6-9-16(23)12-15)22-19(24)17-10-5-4-7-14(17)3/h4-10,12-13,18,23H,11H2,1-3H3,(H,21,25)(H,22,24). The van der Waals surface area contributed by atoms with Gasteiger partial charge in [-0.1, -0.05) is 38.1 Å². The lowest BCUT2D eigenvalue weighted by Crippen LogP contribution is -2.44. The minimum Gasteiger partial charge on any atom is -0.508 e. The van der Waals surface area contributed by atoms with Crippen molar-refractivity contribution in [2.75, 3.05) is 5.32 Å². The Balaban J connectivity index is 2.13. The molecule has 0 saturated heterocycles. The second-order valence-electron chi connectivity index (χ2n) is 6.51. The molecule has 5 nitrogen and oxygen atoms in total. The van der Waals surface area contributed by atoms with Gasteiger partial charge in [-0.2, -0.15) is 0 Å². The number of nitrogens with one attached hydrogen (secondary N) is 2. The smallest absolute Gasteiger partial charge is 0.252 e. The summed E-state index contributed by atoms with van der Waals surface area (Å²) in [5.74, 6) is -0.268. The van der Waals surface area contributed by atoms with E-state index in [0.717, 1.165) is 5.56 Å². The molecule has 0 radical (unpaired) electrons. The van der Waals surface area contributed by atoms with Crippen molar-refractivity contribution >= 4 is 17.5 Å². The zero-order valence-electron chi connectivity index (χ0n) is 14.7. The van der Waals surface area contributed by atoms with E-state index in [1.54, 1.807) is 24.3 Å². The Kier molecular flexibility index (Phi) is 6.17. The number of phenols is 1. The first-order valence-corrected chi connectivity index (χ1v) is 8.33. The highest BCUT2D eigenvalue weighted by molar-refractivity contribution is 6.01. The lowest BCUT2D eigenvalue weighted by molar-refractivity contribution is -0.118. The third kappa shape index (κ3) is 5.35. The third-order valence-electron chi connectivity index (χ3n) is 3.83. The van der Waals surface area contributed by atoms with Crippen LogP contribution in [-0.4, -0.2) is 23.0 Å². The van der Waals surface area contributed by atoms with Gasteiger partial charge in [0.2, 0.25) is 5.91 Å². The molecule has 3 N–H and O–H groups in total. The highest BCUT2D eigenvalue weighted by atomic mass is 16.3. The number of carbonyl (C=O) groups is 2. The van der Waals surface area contributed by atoms with Crippen LogP contribution in [0.4, 0.5) is 5.69 Å². The summed E-state index contributed by atoms with van der Waals surface area (Å²) in [4.78, 5) is 25.1. The number of benzene rings is 2. The molecule has 0 aromatic heterocycles. The van der Waals surface area contributed by atoms with E-state index in [2.05, 4.69) is 10.6 Å². The number of aryl methyl sites for hydroxylation is 1. The predicted molar refractivity (Wildman–Crippen MR) is 98.6 cm³/mol. The summed E-state index contributed by atoms with van der Waals surface area (Å²) in [5.41, 5.74) is 1.90. The molecule has 0 aliphatic carbocycles. The Labute approximate surface area is 148 Å². The van der Waals surface area contributed by atoms with Gasteiger partial charge in [0.25, 0.3) is 5.91 Å². The van der Waals surface area contributed by atoms with Crippen molar-refractivity contribution in [3.63, 3.8) is 0 Å². The molecular weight excluding hydrogens is 316 g/mol. The van der Waals surface area contributed by atoms with Crippen LogP contribution in [-0.2, 0) is 4.79 Å². The summed E-state index contributed by atoms with van der Waals surface area (Å²) in [7, 11) is 0.